The maximum atomic E-state index is 12.3. The number of rotatable bonds is 7. The van der Waals surface area contributed by atoms with E-state index >= 15 is 0 Å². The van der Waals surface area contributed by atoms with E-state index in [1.807, 2.05) is 39.0 Å². The number of nitrogens with zero attached hydrogens (tertiary/aromatic N) is 1. The normalized spacial score (nSPS) is 14.0. The first kappa shape index (κ1) is 17.3. The van der Waals surface area contributed by atoms with Crippen LogP contribution in [-0.2, 0) is 4.79 Å². The van der Waals surface area contributed by atoms with E-state index in [1.165, 1.54) is 0 Å². The van der Waals surface area contributed by atoms with Crippen molar-refractivity contribution in [3.05, 3.63) is 23.9 Å². The second-order valence-electron chi connectivity index (χ2n) is 6.22. The van der Waals surface area contributed by atoms with Gasteiger partial charge in [-0.15, -0.1) is 0 Å². The third kappa shape index (κ3) is 3.62. The highest BCUT2D eigenvalue weighted by Gasteiger charge is 2.27. The van der Waals surface area contributed by atoms with Crippen LogP contribution in [0.4, 0.5) is 5.82 Å². The fraction of sp³-hybridized carbons (Fsp3) is 0.474. The van der Waals surface area contributed by atoms with Gasteiger partial charge in [-0.2, -0.15) is 5.10 Å². The minimum atomic E-state index is 0.0509. The molecule has 0 spiro atoms. The van der Waals surface area contributed by atoms with Gasteiger partial charge in [-0.25, -0.2) is 0 Å². The number of aryl methyl sites for hydroxylation is 1. The van der Waals surface area contributed by atoms with E-state index in [0.29, 0.717) is 30.5 Å². The van der Waals surface area contributed by atoms with Crippen molar-refractivity contribution in [2.24, 2.45) is 5.92 Å². The minimum Gasteiger partial charge on any atom is -0.490 e. The van der Waals surface area contributed by atoms with Crippen LogP contribution in [0, 0.1) is 12.8 Å². The average Bonchev–Trinajstić information content (AvgIpc) is 2.88. The monoisotopic (exact) mass is 343 g/mol. The van der Waals surface area contributed by atoms with Crippen molar-refractivity contribution < 1.29 is 14.3 Å². The summed E-state index contributed by atoms with van der Waals surface area (Å²) < 4.78 is 11.3. The van der Waals surface area contributed by atoms with Crippen LogP contribution in [0.5, 0.6) is 11.5 Å². The molecule has 0 saturated heterocycles. The number of hydrogen-bond donors (Lipinski definition) is 2. The van der Waals surface area contributed by atoms with E-state index in [9.17, 15) is 4.79 Å². The van der Waals surface area contributed by atoms with Crippen LogP contribution in [0.3, 0.4) is 0 Å². The maximum absolute atomic E-state index is 12.3. The molecule has 1 saturated carbocycles. The summed E-state index contributed by atoms with van der Waals surface area (Å²) in [6, 6.07) is 5.80. The van der Waals surface area contributed by atoms with Crippen LogP contribution in [-0.4, -0.2) is 29.3 Å². The topological polar surface area (TPSA) is 76.2 Å². The highest BCUT2D eigenvalue weighted by Crippen LogP contribution is 2.37. The fourth-order valence-electron chi connectivity index (χ4n) is 2.97. The molecular formula is C19H25N3O3. The molecule has 1 aromatic carbocycles. The summed E-state index contributed by atoms with van der Waals surface area (Å²) in [4.78, 5) is 12.3. The van der Waals surface area contributed by atoms with Crippen LogP contribution in [0.15, 0.2) is 18.2 Å². The van der Waals surface area contributed by atoms with Gasteiger partial charge in [0.2, 0.25) is 5.91 Å². The summed E-state index contributed by atoms with van der Waals surface area (Å²) in [6.45, 7) is 6.96. The van der Waals surface area contributed by atoms with Crippen molar-refractivity contribution in [2.45, 2.75) is 40.0 Å². The number of carbonyl (C=O) groups is 1. The lowest BCUT2D eigenvalue weighted by Gasteiger charge is -2.23. The summed E-state index contributed by atoms with van der Waals surface area (Å²) in [6.07, 6.45) is 3.05. The SMILES string of the molecule is CCOc1ccc(-c2c(NC(=O)C3CCC3)n[nH]c2C)cc1OCC. The summed E-state index contributed by atoms with van der Waals surface area (Å²) in [5, 5.41) is 10.2. The van der Waals surface area contributed by atoms with Crippen molar-refractivity contribution in [3.8, 4) is 22.6 Å². The molecule has 0 atom stereocenters. The Kier molecular flexibility index (Phi) is 5.26. The molecule has 0 radical (unpaired) electrons. The maximum Gasteiger partial charge on any atom is 0.228 e. The lowest BCUT2D eigenvalue weighted by molar-refractivity contribution is -0.122. The van der Waals surface area contributed by atoms with E-state index in [2.05, 4.69) is 15.5 Å². The fourth-order valence-corrected chi connectivity index (χ4v) is 2.97. The molecule has 1 aliphatic rings. The van der Waals surface area contributed by atoms with Gasteiger partial charge in [-0.05, 0) is 51.3 Å². The molecule has 1 aromatic heterocycles. The van der Waals surface area contributed by atoms with Gasteiger partial charge in [0.05, 0.1) is 13.2 Å². The van der Waals surface area contributed by atoms with Gasteiger partial charge < -0.3 is 14.8 Å². The molecule has 2 N–H and O–H groups in total. The van der Waals surface area contributed by atoms with E-state index in [1.54, 1.807) is 0 Å². The molecule has 6 heteroatoms. The van der Waals surface area contributed by atoms with Gasteiger partial charge in [0.25, 0.3) is 0 Å². The summed E-state index contributed by atoms with van der Waals surface area (Å²) in [7, 11) is 0. The van der Waals surface area contributed by atoms with E-state index in [0.717, 1.165) is 36.1 Å². The van der Waals surface area contributed by atoms with Crippen LogP contribution >= 0.6 is 0 Å². The lowest BCUT2D eigenvalue weighted by Crippen LogP contribution is -2.28. The molecule has 3 rings (SSSR count). The highest BCUT2D eigenvalue weighted by atomic mass is 16.5. The number of amides is 1. The van der Waals surface area contributed by atoms with E-state index < -0.39 is 0 Å². The first-order valence-corrected chi connectivity index (χ1v) is 8.89. The quantitative estimate of drug-likeness (QED) is 0.799. The Labute approximate surface area is 147 Å². The third-order valence-electron chi connectivity index (χ3n) is 4.50. The molecule has 6 nitrogen and oxygen atoms in total. The first-order valence-electron chi connectivity index (χ1n) is 8.89. The van der Waals surface area contributed by atoms with Crippen molar-refractivity contribution in [1.29, 1.82) is 0 Å². The standard InChI is InChI=1S/C19H25N3O3/c1-4-24-15-10-9-14(11-16(15)25-5-2)17-12(3)21-22-18(17)20-19(23)13-7-6-8-13/h9-11,13H,4-8H2,1-3H3,(H2,20,21,22,23). The van der Waals surface area contributed by atoms with Gasteiger partial charge in [0.15, 0.2) is 17.3 Å². The van der Waals surface area contributed by atoms with Gasteiger partial charge in [0, 0.05) is 17.2 Å². The Bertz CT molecular complexity index is 750. The zero-order valence-corrected chi connectivity index (χ0v) is 15.0. The van der Waals surface area contributed by atoms with Gasteiger partial charge in [0.1, 0.15) is 0 Å². The van der Waals surface area contributed by atoms with Crippen LogP contribution in [0.1, 0.15) is 38.8 Å². The van der Waals surface area contributed by atoms with Crippen molar-refractivity contribution >= 4 is 11.7 Å². The highest BCUT2D eigenvalue weighted by molar-refractivity contribution is 5.96. The molecule has 1 aliphatic carbocycles. The largest absolute Gasteiger partial charge is 0.490 e. The number of hydrogen-bond acceptors (Lipinski definition) is 4. The number of nitrogens with one attached hydrogen (secondary N) is 2. The number of aromatic amines is 1. The number of anilines is 1. The smallest absolute Gasteiger partial charge is 0.228 e. The molecule has 2 aromatic rings. The molecule has 0 bridgehead atoms. The molecule has 1 amide bonds. The first-order chi connectivity index (χ1) is 12.1. The van der Waals surface area contributed by atoms with Crippen molar-refractivity contribution in [2.75, 3.05) is 18.5 Å². The molecule has 1 heterocycles. The Hall–Kier alpha value is -2.50. The van der Waals surface area contributed by atoms with Gasteiger partial charge in [-0.1, -0.05) is 12.5 Å². The van der Waals surface area contributed by atoms with E-state index in [-0.39, 0.29) is 11.8 Å². The van der Waals surface area contributed by atoms with Crippen molar-refractivity contribution in [3.63, 3.8) is 0 Å². The summed E-state index contributed by atoms with van der Waals surface area (Å²) in [5.41, 5.74) is 2.72. The number of ether oxygens (including phenoxy) is 2. The van der Waals surface area contributed by atoms with Crippen LogP contribution in [0.25, 0.3) is 11.1 Å². The predicted octanol–water partition coefficient (Wildman–Crippen LogP) is 3.92. The zero-order valence-electron chi connectivity index (χ0n) is 15.0. The predicted molar refractivity (Wildman–Crippen MR) is 97.1 cm³/mol. The Balaban J connectivity index is 1.91. The zero-order chi connectivity index (χ0) is 17.8. The Morgan fingerprint density at radius 2 is 1.96 bits per heavy atom. The van der Waals surface area contributed by atoms with E-state index in [4.69, 9.17) is 9.47 Å². The molecule has 0 unspecified atom stereocenters. The second-order valence-corrected chi connectivity index (χ2v) is 6.22. The lowest BCUT2D eigenvalue weighted by atomic mass is 9.85. The van der Waals surface area contributed by atoms with Crippen LogP contribution in [0.2, 0.25) is 0 Å². The Morgan fingerprint density at radius 3 is 2.60 bits per heavy atom. The average molecular weight is 343 g/mol. The molecule has 0 aliphatic heterocycles. The Morgan fingerprint density at radius 1 is 1.24 bits per heavy atom. The molecule has 1 fully saturated rings. The second kappa shape index (κ2) is 7.59. The number of H-pyrrole nitrogens is 1. The number of aromatic nitrogens is 2. The van der Waals surface area contributed by atoms with Crippen molar-refractivity contribution in [1.82, 2.24) is 10.2 Å². The van der Waals surface area contributed by atoms with Gasteiger partial charge >= 0.3 is 0 Å². The molecular weight excluding hydrogens is 318 g/mol. The van der Waals surface area contributed by atoms with Crippen LogP contribution < -0.4 is 14.8 Å². The van der Waals surface area contributed by atoms with Gasteiger partial charge in [-0.3, -0.25) is 9.89 Å². The minimum absolute atomic E-state index is 0.0509. The number of benzene rings is 1. The number of carbonyl (C=O) groups excluding carboxylic acids is 1. The summed E-state index contributed by atoms with van der Waals surface area (Å²) >= 11 is 0. The molecule has 134 valence electrons. The third-order valence-corrected chi connectivity index (χ3v) is 4.50. The summed E-state index contributed by atoms with van der Waals surface area (Å²) in [5.74, 6) is 2.15. The molecule has 25 heavy (non-hydrogen) atoms.